The molecule has 2 N–H and O–H groups in total. The summed E-state index contributed by atoms with van der Waals surface area (Å²) in [7, 11) is 0. The fraction of sp³-hybridized carbons (Fsp3) is 0.444. The molecule has 0 bridgehead atoms. The lowest BCUT2D eigenvalue weighted by Crippen LogP contribution is -2.52. The Morgan fingerprint density at radius 2 is 2.12 bits per heavy atom. The van der Waals surface area contributed by atoms with Crippen LogP contribution < -0.4 is 15.4 Å². The predicted octanol–water partition coefficient (Wildman–Crippen LogP) is 2.95. The van der Waals surface area contributed by atoms with E-state index < -0.39 is 11.4 Å². The second-order valence-electron chi connectivity index (χ2n) is 6.49. The molecule has 1 saturated heterocycles. The van der Waals surface area contributed by atoms with Crippen LogP contribution in [0.15, 0.2) is 36.7 Å². The highest BCUT2D eigenvalue weighted by Crippen LogP contribution is 2.30. The summed E-state index contributed by atoms with van der Waals surface area (Å²) < 4.78 is 21.5. The van der Waals surface area contributed by atoms with E-state index in [4.69, 9.17) is 4.74 Å². The van der Waals surface area contributed by atoms with Gasteiger partial charge in [0.2, 0.25) is 0 Å². The highest BCUT2D eigenvalue weighted by atomic mass is 35.5. The van der Waals surface area contributed by atoms with Gasteiger partial charge in [-0.3, -0.25) is 9.48 Å². The molecule has 1 aliphatic rings. The van der Waals surface area contributed by atoms with Crippen molar-refractivity contribution in [3.63, 3.8) is 0 Å². The molecule has 6 nitrogen and oxygen atoms in total. The van der Waals surface area contributed by atoms with Gasteiger partial charge in [0.25, 0.3) is 5.91 Å². The maximum absolute atomic E-state index is 14.4. The SMILES string of the molecule is CC(C)Oc1ccc(NC(=O)C2(n3cccn3)CCNCC2)c(F)c1.Cl. The minimum absolute atomic E-state index is 0. The standard InChI is InChI=1S/C18H23FN4O2.ClH/c1-13(2)25-14-4-5-16(15(19)12-14)22-17(24)18(6-9-20-10-7-18)23-11-3-8-21-23;/h3-5,8,11-13,20H,6-7,9-10H2,1-2H3,(H,22,24);1H. The molecule has 0 atom stereocenters. The van der Waals surface area contributed by atoms with Gasteiger partial charge in [0.1, 0.15) is 17.1 Å². The first-order valence-corrected chi connectivity index (χ1v) is 8.50. The number of benzene rings is 1. The summed E-state index contributed by atoms with van der Waals surface area (Å²) >= 11 is 0. The molecule has 0 unspecified atom stereocenters. The molecule has 1 aromatic heterocycles. The van der Waals surface area contributed by atoms with E-state index in [1.807, 2.05) is 13.8 Å². The molecular formula is C18H24ClFN4O2. The number of hydrogen-bond donors (Lipinski definition) is 2. The molecule has 1 aromatic carbocycles. The zero-order valence-corrected chi connectivity index (χ0v) is 15.7. The topological polar surface area (TPSA) is 68.2 Å². The van der Waals surface area contributed by atoms with Crippen molar-refractivity contribution in [1.29, 1.82) is 0 Å². The number of carbonyl (C=O) groups excluding carboxylic acids is 1. The van der Waals surface area contributed by atoms with Crippen LogP contribution in [-0.2, 0) is 10.3 Å². The first-order valence-electron chi connectivity index (χ1n) is 8.50. The highest BCUT2D eigenvalue weighted by Gasteiger charge is 2.42. The summed E-state index contributed by atoms with van der Waals surface area (Å²) in [6, 6.07) is 6.26. The summed E-state index contributed by atoms with van der Waals surface area (Å²) in [5, 5.41) is 10.2. The zero-order chi connectivity index (χ0) is 17.9. The Kier molecular flexibility index (Phi) is 6.61. The van der Waals surface area contributed by atoms with Gasteiger partial charge in [0.15, 0.2) is 0 Å². The van der Waals surface area contributed by atoms with E-state index in [0.717, 1.165) is 0 Å². The van der Waals surface area contributed by atoms with Gasteiger partial charge in [-0.2, -0.15) is 5.10 Å². The minimum atomic E-state index is -0.811. The van der Waals surface area contributed by atoms with Crippen molar-refractivity contribution in [3.8, 4) is 5.75 Å². The Balaban J connectivity index is 0.00000243. The Morgan fingerprint density at radius 1 is 1.38 bits per heavy atom. The van der Waals surface area contributed by atoms with E-state index in [0.29, 0.717) is 31.7 Å². The van der Waals surface area contributed by atoms with Gasteiger partial charge < -0.3 is 15.4 Å². The van der Waals surface area contributed by atoms with Crippen LogP contribution in [0.2, 0.25) is 0 Å². The van der Waals surface area contributed by atoms with Crippen LogP contribution in [0.25, 0.3) is 0 Å². The lowest BCUT2D eigenvalue weighted by molar-refractivity contribution is -0.126. The maximum atomic E-state index is 14.4. The lowest BCUT2D eigenvalue weighted by Gasteiger charge is -2.36. The van der Waals surface area contributed by atoms with E-state index in [2.05, 4.69) is 15.7 Å². The molecule has 0 spiro atoms. The number of hydrogen-bond acceptors (Lipinski definition) is 4. The first-order chi connectivity index (χ1) is 12.0. The molecular weight excluding hydrogens is 359 g/mol. The molecule has 1 amide bonds. The predicted molar refractivity (Wildman–Crippen MR) is 100 cm³/mol. The van der Waals surface area contributed by atoms with Crippen LogP contribution in [0.1, 0.15) is 26.7 Å². The molecule has 3 rings (SSSR count). The van der Waals surface area contributed by atoms with Crippen molar-refractivity contribution >= 4 is 24.0 Å². The molecule has 1 fully saturated rings. The molecule has 2 heterocycles. The summed E-state index contributed by atoms with van der Waals surface area (Å²) in [6.07, 6.45) is 4.57. The Morgan fingerprint density at radius 3 is 2.69 bits per heavy atom. The smallest absolute Gasteiger partial charge is 0.252 e. The average molecular weight is 383 g/mol. The molecule has 142 valence electrons. The van der Waals surface area contributed by atoms with Gasteiger partial charge in [-0.15, -0.1) is 12.4 Å². The molecule has 26 heavy (non-hydrogen) atoms. The Bertz CT molecular complexity index is 731. The highest BCUT2D eigenvalue weighted by molar-refractivity contribution is 5.97. The largest absolute Gasteiger partial charge is 0.491 e. The molecule has 0 radical (unpaired) electrons. The number of nitrogens with zero attached hydrogens (tertiary/aromatic N) is 2. The third kappa shape index (κ3) is 4.16. The molecule has 1 aliphatic heterocycles. The van der Waals surface area contributed by atoms with Crippen molar-refractivity contribution in [2.75, 3.05) is 18.4 Å². The number of nitrogens with one attached hydrogen (secondary N) is 2. The fourth-order valence-electron chi connectivity index (χ4n) is 3.10. The monoisotopic (exact) mass is 382 g/mol. The molecule has 0 aliphatic carbocycles. The number of carbonyl (C=O) groups is 1. The first kappa shape index (κ1) is 20.2. The number of rotatable bonds is 5. The average Bonchev–Trinajstić information content (AvgIpc) is 3.12. The van der Waals surface area contributed by atoms with Gasteiger partial charge in [-0.25, -0.2) is 4.39 Å². The van der Waals surface area contributed by atoms with Crippen LogP contribution in [0.4, 0.5) is 10.1 Å². The van der Waals surface area contributed by atoms with Gasteiger partial charge in [0.05, 0.1) is 11.8 Å². The van der Waals surface area contributed by atoms with Gasteiger partial charge in [-0.05, 0) is 58.0 Å². The van der Waals surface area contributed by atoms with Crippen molar-refractivity contribution in [3.05, 3.63) is 42.5 Å². The third-order valence-corrected chi connectivity index (χ3v) is 4.36. The second-order valence-corrected chi connectivity index (χ2v) is 6.49. The van der Waals surface area contributed by atoms with Crippen molar-refractivity contribution in [2.45, 2.75) is 38.3 Å². The normalized spacial score (nSPS) is 16.0. The van der Waals surface area contributed by atoms with Crippen LogP contribution in [0, 0.1) is 5.82 Å². The minimum Gasteiger partial charge on any atom is -0.491 e. The number of ether oxygens (including phenoxy) is 1. The van der Waals surface area contributed by atoms with Crippen molar-refractivity contribution < 1.29 is 13.9 Å². The molecule has 8 heteroatoms. The molecule has 2 aromatic rings. The summed E-state index contributed by atoms with van der Waals surface area (Å²) in [4.78, 5) is 13.0. The number of halogens is 2. The summed E-state index contributed by atoms with van der Waals surface area (Å²) in [5.74, 6) is -0.334. The number of aromatic nitrogens is 2. The number of anilines is 1. The van der Waals surface area contributed by atoms with E-state index in [-0.39, 0.29) is 30.1 Å². The number of piperidine rings is 1. The zero-order valence-electron chi connectivity index (χ0n) is 14.9. The molecule has 0 saturated carbocycles. The van der Waals surface area contributed by atoms with Crippen molar-refractivity contribution in [2.24, 2.45) is 0 Å². The Labute approximate surface area is 158 Å². The van der Waals surface area contributed by atoms with E-state index in [1.54, 1.807) is 29.2 Å². The van der Waals surface area contributed by atoms with Crippen LogP contribution in [0.3, 0.4) is 0 Å². The van der Waals surface area contributed by atoms with Crippen LogP contribution in [-0.4, -0.2) is 34.9 Å². The summed E-state index contributed by atoms with van der Waals surface area (Å²) in [5.41, 5.74) is -0.667. The summed E-state index contributed by atoms with van der Waals surface area (Å²) in [6.45, 7) is 5.16. The van der Waals surface area contributed by atoms with Crippen LogP contribution in [0.5, 0.6) is 5.75 Å². The second kappa shape index (κ2) is 8.51. The van der Waals surface area contributed by atoms with Gasteiger partial charge in [-0.1, -0.05) is 0 Å². The fourth-order valence-corrected chi connectivity index (χ4v) is 3.10. The van der Waals surface area contributed by atoms with E-state index in [1.165, 1.54) is 12.1 Å². The van der Waals surface area contributed by atoms with E-state index in [9.17, 15) is 9.18 Å². The third-order valence-electron chi connectivity index (χ3n) is 4.36. The Hall–Kier alpha value is -2.12. The van der Waals surface area contributed by atoms with Crippen molar-refractivity contribution in [1.82, 2.24) is 15.1 Å². The van der Waals surface area contributed by atoms with Gasteiger partial charge in [0, 0.05) is 18.5 Å². The lowest BCUT2D eigenvalue weighted by atomic mass is 9.87. The van der Waals surface area contributed by atoms with Crippen LogP contribution >= 0.6 is 12.4 Å². The maximum Gasteiger partial charge on any atom is 0.252 e. The van der Waals surface area contributed by atoms with Gasteiger partial charge >= 0.3 is 0 Å². The van der Waals surface area contributed by atoms with E-state index >= 15 is 0 Å². The number of amides is 1. The quantitative estimate of drug-likeness (QED) is 0.834.